The number of carbonyl (C=O) groups is 7. The number of fused-ring (bicyclic) bond motifs is 2. The van der Waals surface area contributed by atoms with Crippen molar-refractivity contribution in [3.63, 3.8) is 0 Å². The zero-order valence-electron chi connectivity index (χ0n) is 36.8. The predicted octanol–water partition coefficient (Wildman–Crippen LogP) is 4.24. The average molecular weight is 980 g/mol. The number of hydrogen-bond donors (Lipinski definition) is 8. The van der Waals surface area contributed by atoms with Gasteiger partial charge in [0.25, 0.3) is 17.7 Å². The number of aliphatic carboxylic acids is 2. The summed E-state index contributed by atoms with van der Waals surface area (Å²) in [5, 5.41) is 22.8. The number of carboxylic acid groups (broad SMARTS) is 2. The van der Waals surface area contributed by atoms with E-state index in [2.05, 4.69) is 20.9 Å². The lowest BCUT2D eigenvalue weighted by Crippen LogP contribution is -2.41. The van der Waals surface area contributed by atoms with Crippen LogP contribution >= 0.6 is 0 Å². The molecule has 2 aliphatic heterocycles. The molecular formula is C44H51F6N9O10. The third-order valence-electron chi connectivity index (χ3n) is 10.4. The first-order valence-corrected chi connectivity index (χ1v) is 21.3. The Morgan fingerprint density at radius 2 is 1.46 bits per heavy atom. The summed E-state index contributed by atoms with van der Waals surface area (Å²) in [6.07, 6.45) is -4.51. The van der Waals surface area contributed by atoms with Gasteiger partial charge in [-0.3, -0.25) is 29.0 Å². The van der Waals surface area contributed by atoms with Crippen LogP contribution in [0.1, 0.15) is 88.8 Å². The molecule has 1 fully saturated rings. The molecule has 3 aromatic rings. The van der Waals surface area contributed by atoms with E-state index in [0.717, 1.165) is 42.4 Å². The number of carboxylic acids is 2. The molecule has 1 atom stereocenters. The Morgan fingerprint density at radius 1 is 0.841 bits per heavy atom. The van der Waals surface area contributed by atoms with Gasteiger partial charge in [-0.2, -0.15) is 26.3 Å². The molecule has 1 aliphatic carbocycles. The third-order valence-corrected chi connectivity index (χ3v) is 10.4. The Hall–Kier alpha value is -7.44. The smallest absolute Gasteiger partial charge is 0.482 e. The first kappa shape index (κ1) is 54.2. The highest BCUT2D eigenvalue weighted by atomic mass is 19.4. The number of nitrogens with one attached hydrogen (secondary N) is 3. The van der Waals surface area contributed by atoms with E-state index in [0.29, 0.717) is 86.7 Å². The van der Waals surface area contributed by atoms with Gasteiger partial charge in [-0.1, -0.05) is 24.6 Å². The van der Waals surface area contributed by atoms with Gasteiger partial charge in [0.15, 0.2) is 12.6 Å². The quantitative estimate of drug-likeness (QED) is 0.0407. The number of halogens is 6. The van der Waals surface area contributed by atoms with Crippen molar-refractivity contribution >= 4 is 58.8 Å². The largest absolute Gasteiger partial charge is 0.490 e. The Morgan fingerprint density at radius 3 is 2.07 bits per heavy atom. The third kappa shape index (κ3) is 17.6. The molecule has 0 radical (unpaired) electrons. The number of aliphatic imine (C=N–C) groups is 1. The number of rotatable bonds is 17. The van der Waals surface area contributed by atoms with E-state index in [1.165, 1.54) is 0 Å². The maximum absolute atomic E-state index is 13.5. The standard InChI is InChI=1S/C40H49N9O6.2C2HF3O2/c41-32(5-4-18-45-40(42)43)38(53)44-17-3-1-2-6-36(51)48-22-28-11-13-30(19-29(28)23-48)46-37(52)26-9-7-25(8-10-26)21-49(31-14-15-31)39(54)27-12-16-33-34(20-27)55-24-35(50)47-33;2*3-2(4,5)1(6)7/h7-13,16,19-20,31-32H,1-6,14-15,17-18,21-24,41H2,(H,44,53)(H,46,52)(H,47,50)(H4,42,43,45);2*(H,6,7)/t32-;;/m0../s1. The van der Waals surface area contributed by atoms with Crippen LogP contribution in [0, 0.1) is 0 Å². The van der Waals surface area contributed by atoms with Gasteiger partial charge in [0, 0.05) is 62.0 Å². The zero-order chi connectivity index (χ0) is 51.1. The van der Waals surface area contributed by atoms with Crippen LogP contribution in [0.5, 0.6) is 5.75 Å². The van der Waals surface area contributed by atoms with Gasteiger partial charge in [-0.15, -0.1) is 0 Å². The highest BCUT2D eigenvalue weighted by molar-refractivity contribution is 6.04. The number of ether oxygens (including phenoxy) is 1. The average Bonchev–Trinajstić information content (AvgIpc) is 4.04. The summed E-state index contributed by atoms with van der Waals surface area (Å²) >= 11 is 0. The number of carbonyl (C=O) groups excluding carboxylic acids is 5. The molecule has 11 N–H and O–H groups in total. The van der Waals surface area contributed by atoms with Crippen LogP contribution < -0.4 is 37.9 Å². The molecule has 2 heterocycles. The molecule has 3 aliphatic rings. The molecule has 0 saturated heterocycles. The van der Waals surface area contributed by atoms with Gasteiger partial charge in [0.05, 0.1) is 11.7 Å². The lowest BCUT2D eigenvalue weighted by molar-refractivity contribution is -0.193. The second-order valence-corrected chi connectivity index (χ2v) is 15.9. The van der Waals surface area contributed by atoms with Gasteiger partial charge in [0.1, 0.15) is 5.75 Å². The molecule has 5 amide bonds. The Bertz CT molecular complexity index is 2350. The van der Waals surface area contributed by atoms with Crippen LogP contribution in [0.15, 0.2) is 65.7 Å². The summed E-state index contributed by atoms with van der Waals surface area (Å²) in [7, 11) is 0. The Balaban J connectivity index is 0.000000645. The summed E-state index contributed by atoms with van der Waals surface area (Å²) in [5.74, 6) is -5.75. The highest BCUT2D eigenvalue weighted by Gasteiger charge is 2.39. The van der Waals surface area contributed by atoms with Gasteiger partial charge >= 0.3 is 24.3 Å². The minimum absolute atomic E-state index is 0.0188. The molecule has 19 nitrogen and oxygen atoms in total. The van der Waals surface area contributed by atoms with Gasteiger partial charge in [-0.05, 0) is 97.7 Å². The summed E-state index contributed by atoms with van der Waals surface area (Å²) in [5.41, 5.74) is 21.7. The van der Waals surface area contributed by atoms with Crippen molar-refractivity contribution in [1.82, 2.24) is 15.1 Å². The topological polar surface area (TPSA) is 302 Å². The molecule has 0 aromatic heterocycles. The first-order chi connectivity index (χ1) is 32.4. The molecule has 374 valence electrons. The van der Waals surface area contributed by atoms with E-state index in [-0.39, 0.29) is 48.1 Å². The highest BCUT2D eigenvalue weighted by Crippen LogP contribution is 2.33. The minimum atomic E-state index is -5.08. The SMILES string of the molecule is NC(N)=NCCC[C@H](N)C(=O)NCCCCCC(=O)N1Cc2ccc(NC(=O)c3ccc(CN(C(=O)c4ccc5c(c4)OCC(=O)N5)C4CC4)cc3)cc2C1.O=C(O)C(F)(F)F.O=C(O)C(F)(F)F. The van der Waals surface area contributed by atoms with E-state index in [1.807, 2.05) is 40.1 Å². The van der Waals surface area contributed by atoms with E-state index in [4.69, 9.17) is 41.7 Å². The number of alkyl halides is 6. The second kappa shape index (κ2) is 24.5. The molecule has 25 heteroatoms. The number of anilines is 2. The monoisotopic (exact) mass is 979 g/mol. The fraction of sp³-hybridized carbons (Fsp3) is 0.409. The summed E-state index contributed by atoms with van der Waals surface area (Å²) in [4.78, 5) is 88.8. The van der Waals surface area contributed by atoms with Gasteiger partial charge in [0.2, 0.25) is 11.8 Å². The van der Waals surface area contributed by atoms with Crippen molar-refractivity contribution in [2.45, 2.75) is 95.4 Å². The van der Waals surface area contributed by atoms with Crippen molar-refractivity contribution in [2.75, 3.05) is 30.3 Å². The van der Waals surface area contributed by atoms with Gasteiger partial charge < -0.3 is 57.9 Å². The number of amides is 5. The number of nitrogens with two attached hydrogens (primary N) is 3. The number of hydrogen-bond acceptors (Lipinski definition) is 10. The molecule has 0 spiro atoms. The Kier molecular flexibility index (Phi) is 19.3. The summed E-state index contributed by atoms with van der Waals surface area (Å²) in [6, 6.07) is 17.5. The van der Waals surface area contributed by atoms with Crippen molar-refractivity contribution in [1.29, 1.82) is 0 Å². The second-order valence-electron chi connectivity index (χ2n) is 15.9. The zero-order valence-corrected chi connectivity index (χ0v) is 36.8. The van der Waals surface area contributed by atoms with E-state index in [9.17, 15) is 50.3 Å². The molecule has 0 bridgehead atoms. The number of unbranched alkanes of at least 4 members (excludes halogenated alkanes) is 2. The van der Waals surface area contributed by atoms with E-state index in [1.54, 1.807) is 30.3 Å². The van der Waals surface area contributed by atoms with Crippen LogP contribution in [-0.2, 0) is 43.6 Å². The summed E-state index contributed by atoms with van der Waals surface area (Å²) < 4.78 is 69.0. The predicted molar refractivity (Wildman–Crippen MR) is 235 cm³/mol. The van der Waals surface area contributed by atoms with Crippen LogP contribution in [0.25, 0.3) is 0 Å². The maximum atomic E-state index is 13.5. The lowest BCUT2D eigenvalue weighted by Gasteiger charge is -2.24. The molecule has 69 heavy (non-hydrogen) atoms. The molecule has 6 rings (SSSR count). The normalized spacial score (nSPS) is 14.1. The van der Waals surface area contributed by atoms with Crippen molar-refractivity contribution in [3.05, 3.63) is 88.5 Å². The minimum Gasteiger partial charge on any atom is -0.482 e. The lowest BCUT2D eigenvalue weighted by atomic mass is 10.1. The van der Waals surface area contributed by atoms with Crippen molar-refractivity contribution < 1.29 is 74.9 Å². The maximum Gasteiger partial charge on any atom is 0.490 e. The van der Waals surface area contributed by atoms with Crippen molar-refractivity contribution in [2.24, 2.45) is 22.2 Å². The van der Waals surface area contributed by atoms with E-state index >= 15 is 0 Å². The van der Waals surface area contributed by atoms with Crippen LogP contribution in [0.2, 0.25) is 0 Å². The van der Waals surface area contributed by atoms with Crippen LogP contribution in [0.3, 0.4) is 0 Å². The number of guanidine groups is 1. The Labute approximate surface area is 390 Å². The van der Waals surface area contributed by atoms with Crippen LogP contribution in [0.4, 0.5) is 37.7 Å². The first-order valence-electron chi connectivity index (χ1n) is 21.3. The number of nitrogens with zero attached hydrogens (tertiary/aromatic N) is 3. The summed E-state index contributed by atoms with van der Waals surface area (Å²) in [6.45, 7) is 2.26. The molecule has 3 aromatic carbocycles. The fourth-order valence-corrected chi connectivity index (χ4v) is 6.67. The molecule has 0 unspecified atom stereocenters. The fourth-order valence-electron chi connectivity index (χ4n) is 6.67. The molecule has 1 saturated carbocycles. The van der Waals surface area contributed by atoms with E-state index < -0.39 is 30.3 Å². The van der Waals surface area contributed by atoms with Crippen LogP contribution in [-0.4, -0.2) is 112 Å². The van der Waals surface area contributed by atoms with Gasteiger partial charge in [-0.25, -0.2) is 9.59 Å². The number of benzene rings is 3. The van der Waals surface area contributed by atoms with Crippen molar-refractivity contribution in [3.8, 4) is 5.75 Å². The molecular weight excluding hydrogens is 929 g/mol.